The molecule has 1 unspecified atom stereocenters. The van der Waals surface area contributed by atoms with Gasteiger partial charge in [-0.05, 0) is 12.8 Å². The number of carbonyl (C=O) groups is 2. The van der Waals surface area contributed by atoms with Gasteiger partial charge in [0.2, 0.25) is 0 Å². The van der Waals surface area contributed by atoms with Crippen LogP contribution in [0.2, 0.25) is 0 Å². The minimum absolute atomic E-state index is 0.105. The van der Waals surface area contributed by atoms with Gasteiger partial charge in [-0.25, -0.2) is 0 Å². The molecule has 0 bridgehead atoms. The number of ether oxygens (including phenoxy) is 1. The highest BCUT2D eigenvalue weighted by atomic mass is 16.5. The molecular weight excluding hydrogens is 444 g/mol. The van der Waals surface area contributed by atoms with Crippen LogP contribution in [-0.2, 0) is 14.3 Å². The van der Waals surface area contributed by atoms with Crippen LogP contribution >= 0.6 is 0 Å². The van der Waals surface area contributed by atoms with Crippen molar-refractivity contribution in [3.05, 3.63) is 0 Å². The highest BCUT2D eigenvalue weighted by molar-refractivity contribution is 5.98. The van der Waals surface area contributed by atoms with Crippen molar-refractivity contribution in [2.75, 3.05) is 7.11 Å². The standard InChI is InChI=1S/C33H64O3/c1-4-6-8-10-12-14-16-18-20-22-24-26-28-30-32(34)31(33(35)36-3)29-27-25-23-21-19-17-15-13-11-9-7-5-2/h31H,4-30H2,1-3H3. The third-order valence-electron chi connectivity index (χ3n) is 7.75. The van der Waals surface area contributed by atoms with Crippen LogP contribution in [0, 0.1) is 5.92 Å². The lowest BCUT2D eigenvalue weighted by Gasteiger charge is -2.13. The summed E-state index contributed by atoms with van der Waals surface area (Å²) in [5, 5.41) is 0. The fraction of sp³-hybridized carbons (Fsp3) is 0.939. The van der Waals surface area contributed by atoms with Crippen LogP contribution in [-0.4, -0.2) is 18.9 Å². The molecule has 0 spiro atoms. The summed E-state index contributed by atoms with van der Waals surface area (Å²) in [6.45, 7) is 4.54. The van der Waals surface area contributed by atoms with Crippen molar-refractivity contribution in [3.8, 4) is 0 Å². The fourth-order valence-corrected chi connectivity index (χ4v) is 5.23. The Morgan fingerprint density at radius 1 is 0.472 bits per heavy atom. The van der Waals surface area contributed by atoms with Crippen LogP contribution in [0.3, 0.4) is 0 Å². The van der Waals surface area contributed by atoms with E-state index in [0.29, 0.717) is 12.8 Å². The highest BCUT2D eigenvalue weighted by Crippen LogP contribution is 2.19. The number of Topliss-reactive ketones (excluding diaryl/α,β-unsaturated/α-hetero) is 1. The summed E-state index contributed by atoms with van der Waals surface area (Å²) in [5.41, 5.74) is 0. The first-order valence-corrected chi connectivity index (χ1v) is 16.3. The first kappa shape index (κ1) is 35.1. The molecule has 0 aliphatic rings. The normalized spacial score (nSPS) is 12.1. The molecule has 0 radical (unpaired) electrons. The van der Waals surface area contributed by atoms with E-state index in [4.69, 9.17) is 4.74 Å². The minimum Gasteiger partial charge on any atom is -0.468 e. The van der Waals surface area contributed by atoms with Crippen molar-refractivity contribution < 1.29 is 14.3 Å². The summed E-state index contributed by atoms with van der Waals surface area (Å²) in [4.78, 5) is 24.9. The lowest BCUT2D eigenvalue weighted by atomic mass is 9.93. The number of methoxy groups -OCH3 is 1. The SMILES string of the molecule is CCCCCCCCCCCCCCCC(=O)C(CCCCCCCCCCCCCC)C(=O)OC. The van der Waals surface area contributed by atoms with E-state index in [-0.39, 0.29) is 11.8 Å². The van der Waals surface area contributed by atoms with Gasteiger partial charge in [-0.1, -0.05) is 168 Å². The smallest absolute Gasteiger partial charge is 0.316 e. The van der Waals surface area contributed by atoms with E-state index in [1.54, 1.807) is 0 Å². The zero-order valence-corrected chi connectivity index (χ0v) is 24.9. The van der Waals surface area contributed by atoms with E-state index in [2.05, 4.69) is 13.8 Å². The molecule has 0 aromatic heterocycles. The Kier molecular flexibility index (Phi) is 28.0. The van der Waals surface area contributed by atoms with Crippen LogP contribution < -0.4 is 0 Å². The number of esters is 1. The van der Waals surface area contributed by atoms with Gasteiger partial charge in [-0.3, -0.25) is 9.59 Å². The van der Waals surface area contributed by atoms with Crippen molar-refractivity contribution in [1.82, 2.24) is 0 Å². The summed E-state index contributed by atoms with van der Waals surface area (Å²) in [6, 6.07) is 0. The Labute approximate surface area is 226 Å². The average Bonchev–Trinajstić information content (AvgIpc) is 2.89. The summed E-state index contributed by atoms with van der Waals surface area (Å²) in [5.74, 6) is -0.749. The number of ketones is 1. The maximum Gasteiger partial charge on any atom is 0.316 e. The molecule has 0 fully saturated rings. The minimum atomic E-state index is -0.532. The molecule has 0 saturated carbocycles. The molecule has 214 valence electrons. The van der Waals surface area contributed by atoms with E-state index in [1.807, 2.05) is 0 Å². The molecule has 1 atom stereocenters. The molecule has 0 aromatic rings. The first-order chi connectivity index (χ1) is 17.7. The maximum atomic E-state index is 12.7. The average molecular weight is 509 g/mol. The summed E-state index contributed by atoms with van der Waals surface area (Å²) in [7, 11) is 1.41. The maximum absolute atomic E-state index is 12.7. The molecule has 36 heavy (non-hydrogen) atoms. The van der Waals surface area contributed by atoms with E-state index in [9.17, 15) is 9.59 Å². The monoisotopic (exact) mass is 508 g/mol. The van der Waals surface area contributed by atoms with Gasteiger partial charge in [0.1, 0.15) is 11.7 Å². The van der Waals surface area contributed by atoms with Crippen molar-refractivity contribution >= 4 is 11.8 Å². The van der Waals surface area contributed by atoms with Crippen LogP contribution in [0.5, 0.6) is 0 Å². The van der Waals surface area contributed by atoms with Gasteiger partial charge >= 0.3 is 5.97 Å². The summed E-state index contributed by atoms with van der Waals surface area (Å²) in [6.07, 6.45) is 33.7. The van der Waals surface area contributed by atoms with E-state index < -0.39 is 5.92 Å². The zero-order chi connectivity index (χ0) is 26.5. The van der Waals surface area contributed by atoms with Crippen LogP contribution in [0.1, 0.15) is 187 Å². The summed E-state index contributed by atoms with van der Waals surface area (Å²) < 4.78 is 4.95. The predicted octanol–water partition coefficient (Wildman–Crippen LogP) is 10.9. The molecule has 0 aliphatic carbocycles. The molecule has 0 heterocycles. The predicted molar refractivity (Wildman–Crippen MR) is 157 cm³/mol. The number of hydrogen-bond donors (Lipinski definition) is 0. The van der Waals surface area contributed by atoms with Crippen molar-refractivity contribution in [2.24, 2.45) is 5.92 Å². The van der Waals surface area contributed by atoms with E-state index >= 15 is 0 Å². The largest absolute Gasteiger partial charge is 0.468 e. The highest BCUT2D eigenvalue weighted by Gasteiger charge is 2.26. The Hall–Kier alpha value is -0.860. The zero-order valence-electron chi connectivity index (χ0n) is 24.9. The molecule has 0 N–H and O–H groups in total. The van der Waals surface area contributed by atoms with Crippen molar-refractivity contribution in [3.63, 3.8) is 0 Å². The third kappa shape index (κ3) is 23.5. The molecule has 0 saturated heterocycles. The molecule has 0 amide bonds. The quantitative estimate of drug-likeness (QED) is 0.0573. The molecule has 3 nitrogen and oxygen atoms in total. The molecule has 0 aliphatic heterocycles. The Bertz CT molecular complexity index is 474. The third-order valence-corrected chi connectivity index (χ3v) is 7.75. The van der Waals surface area contributed by atoms with Crippen LogP contribution in [0.25, 0.3) is 0 Å². The second-order valence-corrected chi connectivity index (χ2v) is 11.2. The molecular formula is C33H64O3. The lowest BCUT2D eigenvalue weighted by Crippen LogP contribution is -2.25. The number of carbonyl (C=O) groups excluding carboxylic acids is 2. The number of rotatable bonds is 29. The van der Waals surface area contributed by atoms with Gasteiger partial charge in [-0.15, -0.1) is 0 Å². The topological polar surface area (TPSA) is 43.4 Å². The lowest BCUT2D eigenvalue weighted by molar-refractivity contribution is -0.149. The number of unbranched alkanes of at least 4 members (excludes halogenated alkanes) is 23. The van der Waals surface area contributed by atoms with Crippen molar-refractivity contribution in [1.29, 1.82) is 0 Å². The van der Waals surface area contributed by atoms with E-state index in [1.165, 1.54) is 142 Å². The fourth-order valence-electron chi connectivity index (χ4n) is 5.23. The van der Waals surface area contributed by atoms with Crippen LogP contribution in [0.15, 0.2) is 0 Å². The van der Waals surface area contributed by atoms with Gasteiger partial charge in [0.25, 0.3) is 0 Å². The first-order valence-electron chi connectivity index (χ1n) is 16.3. The van der Waals surface area contributed by atoms with E-state index in [0.717, 1.165) is 25.7 Å². The van der Waals surface area contributed by atoms with Gasteiger partial charge in [0.05, 0.1) is 7.11 Å². The summed E-state index contributed by atoms with van der Waals surface area (Å²) >= 11 is 0. The Morgan fingerprint density at radius 3 is 1.11 bits per heavy atom. The second kappa shape index (κ2) is 28.7. The van der Waals surface area contributed by atoms with Gasteiger partial charge in [0, 0.05) is 6.42 Å². The second-order valence-electron chi connectivity index (χ2n) is 11.2. The Balaban J connectivity index is 3.70. The molecule has 3 heteroatoms. The number of hydrogen-bond acceptors (Lipinski definition) is 3. The van der Waals surface area contributed by atoms with Gasteiger partial charge in [-0.2, -0.15) is 0 Å². The van der Waals surface area contributed by atoms with Crippen LogP contribution in [0.4, 0.5) is 0 Å². The van der Waals surface area contributed by atoms with Gasteiger partial charge in [0.15, 0.2) is 0 Å². The van der Waals surface area contributed by atoms with Crippen molar-refractivity contribution in [2.45, 2.75) is 187 Å². The molecule has 0 aromatic carbocycles. The molecule has 0 rings (SSSR count). The Morgan fingerprint density at radius 2 is 0.778 bits per heavy atom. The van der Waals surface area contributed by atoms with Gasteiger partial charge < -0.3 is 4.74 Å².